The van der Waals surface area contributed by atoms with E-state index in [1.807, 2.05) is 19.6 Å². The van der Waals surface area contributed by atoms with Crippen molar-refractivity contribution in [3.8, 4) is 0 Å². The Morgan fingerprint density at radius 2 is 1.79 bits per heavy atom. The highest BCUT2D eigenvalue weighted by atomic mass is 28.3. The van der Waals surface area contributed by atoms with Gasteiger partial charge in [-0.3, -0.25) is 4.35 Å². The van der Waals surface area contributed by atoms with Gasteiger partial charge in [-0.2, -0.15) is 18.3 Å². The maximum absolute atomic E-state index is 12.3. The van der Waals surface area contributed by atoms with Crippen molar-refractivity contribution >= 4 is 8.24 Å². The van der Waals surface area contributed by atoms with E-state index in [2.05, 4.69) is 5.10 Å². The predicted molar refractivity (Wildman–Crippen MR) is 50.7 cm³/mol. The van der Waals surface area contributed by atoms with Gasteiger partial charge >= 0.3 is 6.18 Å². The van der Waals surface area contributed by atoms with Crippen LogP contribution in [0.2, 0.25) is 19.6 Å². The maximum atomic E-state index is 12.3. The summed E-state index contributed by atoms with van der Waals surface area (Å²) in [6.45, 7) is 7.51. The summed E-state index contributed by atoms with van der Waals surface area (Å²) in [5, 5.41) is 3.61. The van der Waals surface area contributed by atoms with Gasteiger partial charge in [0.25, 0.3) is 0 Å². The van der Waals surface area contributed by atoms with E-state index in [9.17, 15) is 13.2 Å². The van der Waals surface area contributed by atoms with Crippen LogP contribution >= 0.6 is 0 Å². The van der Waals surface area contributed by atoms with E-state index in [4.69, 9.17) is 0 Å². The predicted octanol–water partition coefficient (Wildman–Crippen LogP) is 2.89. The molecule has 0 radical (unpaired) electrons. The summed E-state index contributed by atoms with van der Waals surface area (Å²) >= 11 is 0. The Bertz CT molecular complexity index is 335. The molecule has 0 aromatic carbocycles. The van der Waals surface area contributed by atoms with Crippen molar-refractivity contribution in [2.45, 2.75) is 32.7 Å². The molecule has 0 amide bonds. The Balaban J connectivity index is 3.19. The minimum Gasteiger partial charge on any atom is -0.299 e. The largest absolute Gasteiger partial charge is 0.435 e. The van der Waals surface area contributed by atoms with Crippen molar-refractivity contribution < 1.29 is 13.2 Å². The van der Waals surface area contributed by atoms with Gasteiger partial charge in [0.05, 0.1) is 0 Å². The second-order valence-electron chi connectivity index (χ2n) is 4.25. The molecule has 1 aromatic rings. The van der Waals surface area contributed by atoms with Gasteiger partial charge in [-0.25, -0.2) is 0 Å². The van der Waals surface area contributed by atoms with Gasteiger partial charge in [0.15, 0.2) is 13.9 Å². The molecule has 0 aliphatic rings. The third-order valence-electron chi connectivity index (χ3n) is 1.81. The molecule has 0 aliphatic carbocycles. The van der Waals surface area contributed by atoms with Crippen LogP contribution < -0.4 is 0 Å². The van der Waals surface area contributed by atoms with Crippen LogP contribution in [0.3, 0.4) is 0 Å². The average molecular weight is 222 g/mol. The molecule has 0 spiro atoms. The van der Waals surface area contributed by atoms with Crippen molar-refractivity contribution in [2.24, 2.45) is 0 Å². The van der Waals surface area contributed by atoms with E-state index >= 15 is 0 Å². The van der Waals surface area contributed by atoms with Crippen LogP contribution in [0.1, 0.15) is 11.4 Å². The summed E-state index contributed by atoms with van der Waals surface area (Å²) in [5.41, 5.74) is -0.214. The standard InChI is InChI=1S/C8H13F3N2Si/c1-6-5-7(8(9,10)11)12-13(6)14(2,3)4/h5H,1-4H3. The van der Waals surface area contributed by atoms with Gasteiger partial charge in [0.2, 0.25) is 0 Å². The first-order valence-electron chi connectivity index (χ1n) is 4.27. The first-order valence-corrected chi connectivity index (χ1v) is 7.71. The molecule has 0 atom stereocenters. The Kier molecular flexibility index (Phi) is 2.51. The summed E-state index contributed by atoms with van der Waals surface area (Å²) in [7, 11) is -1.83. The number of nitrogens with zero attached hydrogens (tertiary/aromatic N) is 2. The molecular formula is C8H13F3N2Si. The Morgan fingerprint density at radius 3 is 2.00 bits per heavy atom. The molecule has 0 aliphatic heterocycles. The number of rotatable bonds is 1. The van der Waals surface area contributed by atoms with Crippen LogP contribution in [-0.4, -0.2) is 17.7 Å². The first kappa shape index (κ1) is 11.3. The summed E-state index contributed by atoms with van der Waals surface area (Å²) in [4.78, 5) is 0. The molecule has 0 bridgehead atoms. The normalized spacial score (nSPS) is 13.4. The number of alkyl halides is 3. The van der Waals surface area contributed by atoms with Gasteiger partial charge in [-0.05, 0) is 32.6 Å². The van der Waals surface area contributed by atoms with Crippen LogP contribution in [0.15, 0.2) is 6.07 Å². The molecule has 0 unspecified atom stereocenters. The van der Waals surface area contributed by atoms with E-state index in [-0.39, 0.29) is 0 Å². The molecule has 0 fully saturated rings. The average Bonchev–Trinajstić information content (AvgIpc) is 2.27. The number of halogens is 3. The van der Waals surface area contributed by atoms with Crippen molar-refractivity contribution in [3.05, 3.63) is 17.5 Å². The summed E-state index contributed by atoms with van der Waals surface area (Å²) < 4.78 is 38.5. The van der Waals surface area contributed by atoms with E-state index < -0.39 is 20.1 Å². The van der Waals surface area contributed by atoms with Gasteiger partial charge in [-0.1, -0.05) is 0 Å². The zero-order valence-corrected chi connectivity index (χ0v) is 9.61. The first-order chi connectivity index (χ1) is 6.12. The number of aromatic nitrogens is 2. The molecule has 1 rings (SSSR count). The van der Waals surface area contributed by atoms with Crippen molar-refractivity contribution in [1.82, 2.24) is 9.45 Å². The second-order valence-corrected chi connectivity index (χ2v) is 9.02. The quantitative estimate of drug-likeness (QED) is 0.668. The van der Waals surface area contributed by atoms with Crippen molar-refractivity contribution in [3.63, 3.8) is 0 Å². The lowest BCUT2D eigenvalue weighted by Crippen LogP contribution is -2.34. The Morgan fingerprint density at radius 1 is 1.29 bits per heavy atom. The Hall–Kier alpha value is -0.783. The molecule has 1 aromatic heterocycles. The maximum Gasteiger partial charge on any atom is 0.435 e. The lowest BCUT2D eigenvalue weighted by Gasteiger charge is -2.18. The zero-order chi connectivity index (χ0) is 11.1. The SMILES string of the molecule is Cc1cc(C(F)(F)F)nn1[Si](C)(C)C. The third kappa shape index (κ3) is 2.17. The van der Waals surface area contributed by atoms with Crippen molar-refractivity contribution in [2.75, 3.05) is 0 Å². The molecule has 2 nitrogen and oxygen atoms in total. The molecule has 0 saturated carbocycles. The zero-order valence-electron chi connectivity index (χ0n) is 8.61. The van der Waals surface area contributed by atoms with E-state index in [0.717, 1.165) is 6.07 Å². The number of hydrogen-bond donors (Lipinski definition) is 0. The topological polar surface area (TPSA) is 17.8 Å². The lowest BCUT2D eigenvalue weighted by molar-refractivity contribution is -0.141. The lowest BCUT2D eigenvalue weighted by atomic mass is 10.4. The molecule has 80 valence electrons. The van der Waals surface area contributed by atoms with E-state index in [1.165, 1.54) is 4.35 Å². The molecule has 0 N–H and O–H groups in total. The molecule has 14 heavy (non-hydrogen) atoms. The highest BCUT2D eigenvalue weighted by Gasteiger charge is 2.35. The van der Waals surface area contributed by atoms with E-state index in [0.29, 0.717) is 5.69 Å². The summed E-state index contributed by atoms with van der Waals surface area (Å²) in [5.74, 6) is 0. The number of aryl methyl sites for hydroxylation is 1. The smallest absolute Gasteiger partial charge is 0.299 e. The van der Waals surface area contributed by atoms with Crippen LogP contribution in [0, 0.1) is 6.92 Å². The third-order valence-corrected chi connectivity index (χ3v) is 3.54. The fourth-order valence-corrected chi connectivity index (χ4v) is 2.82. The van der Waals surface area contributed by atoms with Crippen LogP contribution in [0.4, 0.5) is 13.2 Å². The van der Waals surface area contributed by atoms with Crippen LogP contribution in [0.25, 0.3) is 0 Å². The van der Waals surface area contributed by atoms with Crippen molar-refractivity contribution in [1.29, 1.82) is 0 Å². The summed E-state index contributed by atoms with van der Waals surface area (Å²) in [6.07, 6.45) is -4.34. The molecule has 0 saturated heterocycles. The Labute approximate surface area is 81.8 Å². The number of hydrogen-bond acceptors (Lipinski definition) is 1. The minimum absolute atomic E-state index is 0.580. The van der Waals surface area contributed by atoms with Gasteiger partial charge < -0.3 is 0 Å². The monoisotopic (exact) mass is 222 g/mol. The summed E-state index contributed by atoms with van der Waals surface area (Å²) in [6, 6.07) is 1.10. The molecular weight excluding hydrogens is 209 g/mol. The van der Waals surface area contributed by atoms with E-state index in [1.54, 1.807) is 6.92 Å². The molecule has 1 heterocycles. The highest BCUT2D eigenvalue weighted by Crippen LogP contribution is 2.29. The minimum atomic E-state index is -4.34. The second kappa shape index (κ2) is 3.11. The van der Waals surface area contributed by atoms with Gasteiger partial charge in [0.1, 0.15) is 0 Å². The van der Waals surface area contributed by atoms with Gasteiger partial charge in [0, 0.05) is 5.69 Å². The highest BCUT2D eigenvalue weighted by molar-refractivity contribution is 6.74. The molecule has 6 heteroatoms. The van der Waals surface area contributed by atoms with Crippen LogP contribution in [0.5, 0.6) is 0 Å². The van der Waals surface area contributed by atoms with Crippen LogP contribution in [-0.2, 0) is 6.18 Å². The fourth-order valence-electron chi connectivity index (χ4n) is 1.29. The fraction of sp³-hybridized carbons (Fsp3) is 0.625. The van der Waals surface area contributed by atoms with Gasteiger partial charge in [-0.15, -0.1) is 0 Å².